The SMILES string of the molecule is CCc1[nH]c(=S)[nH]c(=O)c1Cc1ccc(OC)c([N+](=O)[O-])c1. The lowest BCUT2D eigenvalue weighted by molar-refractivity contribution is -0.385. The molecule has 1 aromatic carbocycles. The Morgan fingerprint density at radius 1 is 1.36 bits per heavy atom. The van der Waals surface area contributed by atoms with E-state index >= 15 is 0 Å². The van der Waals surface area contributed by atoms with Gasteiger partial charge in [0.1, 0.15) is 0 Å². The molecule has 2 rings (SSSR count). The lowest BCUT2D eigenvalue weighted by Crippen LogP contribution is -2.18. The quantitative estimate of drug-likeness (QED) is 0.500. The van der Waals surface area contributed by atoms with Crippen molar-refractivity contribution in [3.63, 3.8) is 0 Å². The summed E-state index contributed by atoms with van der Waals surface area (Å²) in [5.41, 5.74) is 1.50. The molecule has 0 aliphatic carbocycles. The number of rotatable bonds is 5. The summed E-state index contributed by atoms with van der Waals surface area (Å²) in [6, 6.07) is 4.64. The van der Waals surface area contributed by atoms with Crippen molar-refractivity contribution in [2.75, 3.05) is 7.11 Å². The van der Waals surface area contributed by atoms with Crippen LogP contribution in [0.15, 0.2) is 23.0 Å². The summed E-state index contributed by atoms with van der Waals surface area (Å²) >= 11 is 4.95. The predicted octanol–water partition coefficient (Wildman–Crippen LogP) is 2.50. The molecule has 8 heteroatoms. The highest BCUT2D eigenvalue weighted by molar-refractivity contribution is 7.71. The number of aromatic nitrogens is 2. The van der Waals surface area contributed by atoms with E-state index in [1.54, 1.807) is 6.07 Å². The maximum absolute atomic E-state index is 12.1. The van der Waals surface area contributed by atoms with Crippen LogP contribution in [0.3, 0.4) is 0 Å². The molecule has 1 heterocycles. The Kier molecular flexibility index (Phi) is 4.71. The van der Waals surface area contributed by atoms with Crippen LogP contribution in [-0.2, 0) is 12.8 Å². The highest BCUT2D eigenvalue weighted by Gasteiger charge is 2.16. The molecule has 1 aromatic heterocycles. The number of hydrogen-bond donors (Lipinski definition) is 2. The smallest absolute Gasteiger partial charge is 0.311 e. The van der Waals surface area contributed by atoms with Crippen molar-refractivity contribution in [1.82, 2.24) is 9.97 Å². The number of H-pyrrole nitrogens is 2. The van der Waals surface area contributed by atoms with Crippen LogP contribution in [0, 0.1) is 14.9 Å². The predicted molar refractivity (Wildman–Crippen MR) is 84.1 cm³/mol. The fraction of sp³-hybridized carbons (Fsp3) is 0.286. The minimum Gasteiger partial charge on any atom is -0.490 e. The van der Waals surface area contributed by atoms with E-state index in [4.69, 9.17) is 17.0 Å². The molecular formula is C14H15N3O4S. The highest BCUT2D eigenvalue weighted by atomic mass is 32.1. The van der Waals surface area contributed by atoms with Crippen LogP contribution in [-0.4, -0.2) is 22.0 Å². The average molecular weight is 321 g/mol. The Balaban J connectivity index is 2.48. The Bertz CT molecular complexity index is 826. The molecular weight excluding hydrogens is 306 g/mol. The van der Waals surface area contributed by atoms with Gasteiger partial charge in [-0.1, -0.05) is 13.0 Å². The van der Waals surface area contributed by atoms with Gasteiger partial charge in [0.05, 0.1) is 12.0 Å². The van der Waals surface area contributed by atoms with Crippen LogP contribution in [0.1, 0.15) is 23.7 Å². The first-order valence-corrected chi connectivity index (χ1v) is 7.02. The normalized spacial score (nSPS) is 10.5. The summed E-state index contributed by atoms with van der Waals surface area (Å²) in [7, 11) is 1.37. The number of methoxy groups -OCH3 is 1. The molecule has 2 aromatic rings. The second kappa shape index (κ2) is 6.52. The van der Waals surface area contributed by atoms with E-state index in [-0.39, 0.29) is 28.2 Å². The molecule has 0 aliphatic rings. The van der Waals surface area contributed by atoms with E-state index in [1.165, 1.54) is 19.2 Å². The molecule has 0 atom stereocenters. The van der Waals surface area contributed by atoms with E-state index < -0.39 is 4.92 Å². The molecule has 0 amide bonds. The molecule has 0 fully saturated rings. The van der Waals surface area contributed by atoms with Crippen molar-refractivity contribution in [2.45, 2.75) is 19.8 Å². The van der Waals surface area contributed by atoms with Crippen LogP contribution in [0.4, 0.5) is 5.69 Å². The number of ether oxygens (including phenoxy) is 1. The van der Waals surface area contributed by atoms with Crippen LogP contribution in [0.5, 0.6) is 5.75 Å². The van der Waals surface area contributed by atoms with E-state index in [2.05, 4.69) is 9.97 Å². The molecule has 0 spiro atoms. The maximum atomic E-state index is 12.1. The second-order valence-electron chi connectivity index (χ2n) is 4.66. The summed E-state index contributed by atoms with van der Waals surface area (Å²) in [5.74, 6) is 0.186. The molecule has 116 valence electrons. The Labute approximate surface area is 131 Å². The zero-order valence-corrected chi connectivity index (χ0v) is 13.0. The van der Waals surface area contributed by atoms with Gasteiger partial charge in [-0.15, -0.1) is 0 Å². The molecule has 2 N–H and O–H groups in total. The summed E-state index contributed by atoms with van der Waals surface area (Å²) in [6.07, 6.45) is 0.886. The number of benzene rings is 1. The lowest BCUT2D eigenvalue weighted by atomic mass is 10.0. The van der Waals surface area contributed by atoms with E-state index in [1.807, 2.05) is 6.92 Å². The topological polar surface area (TPSA) is 101 Å². The van der Waals surface area contributed by atoms with Crippen LogP contribution < -0.4 is 10.3 Å². The molecule has 0 radical (unpaired) electrons. The number of aryl methyl sites for hydroxylation is 1. The van der Waals surface area contributed by atoms with Gasteiger partial charge in [0.15, 0.2) is 10.5 Å². The number of nitrogens with zero attached hydrogens (tertiary/aromatic N) is 1. The second-order valence-corrected chi connectivity index (χ2v) is 5.07. The van der Waals surface area contributed by atoms with Crippen molar-refractivity contribution in [3.05, 3.63) is 60.3 Å². The van der Waals surface area contributed by atoms with Gasteiger partial charge in [-0.3, -0.25) is 19.9 Å². The van der Waals surface area contributed by atoms with E-state index in [0.717, 1.165) is 5.69 Å². The molecule has 22 heavy (non-hydrogen) atoms. The van der Waals surface area contributed by atoms with Crippen molar-refractivity contribution in [1.29, 1.82) is 0 Å². The van der Waals surface area contributed by atoms with Crippen LogP contribution in [0.2, 0.25) is 0 Å². The summed E-state index contributed by atoms with van der Waals surface area (Å²) in [6.45, 7) is 1.90. The van der Waals surface area contributed by atoms with Crippen molar-refractivity contribution >= 4 is 17.9 Å². The summed E-state index contributed by atoms with van der Waals surface area (Å²) in [4.78, 5) is 28.1. The number of nitrogens with one attached hydrogen (secondary N) is 2. The average Bonchev–Trinajstić information content (AvgIpc) is 2.49. The standard InChI is InChI=1S/C14H15N3O4S/c1-3-10-9(13(18)16-14(22)15-10)6-8-4-5-12(21-2)11(7-8)17(19)20/h4-5,7H,3,6H2,1-2H3,(H2,15,16,18,22). The largest absolute Gasteiger partial charge is 0.490 e. The molecule has 0 bridgehead atoms. The first-order chi connectivity index (χ1) is 10.5. The third-order valence-corrected chi connectivity index (χ3v) is 3.51. The van der Waals surface area contributed by atoms with E-state index in [9.17, 15) is 14.9 Å². The van der Waals surface area contributed by atoms with E-state index in [0.29, 0.717) is 17.5 Å². The third-order valence-electron chi connectivity index (χ3n) is 3.30. The lowest BCUT2D eigenvalue weighted by Gasteiger charge is -2.08. The first-order valence-electron chi connectivity index (χ1n) is 6.62. The Hall–Kier alpha value is -2.48. The zero-order chi connectivity index (χ0) is 16.3. The summed E-state index contributed by atoms with van der Waals surface area (Å²) in [5, 5.41) is 11.1. The minimum absolute atomic E-state index is 0.127. The van der Waals surface area contributed by atoms with Crippen molar-refractivity contribution < 1.29 is 9.66 Å². The van der Waals surface area contributed by atoms with Crippen LogP contribution >= 0.6 is 12.2 Å². The molecule has 0 saturated carbocycles. The Morgan fingerprint density at radius 3 is 2.68 bits per heavy atom. The maximum Gasteiger partial charge on any atom is 0.311 e. The molecule has 0 aliphatic heterocycles. The minimum atomic E-state index is -0.508. The van der Waals surface area contributed by atoms with Gasteiger partial charge in [-0.2, -0.15) is 0 Å². The van der Waals surface area contributed by atoms with Gasteiger partial charge in [-0.05, 0) is 30.3 Å². The zero-order valence-electron chi connectivity index (χ0n) is 12.1. The van der Waals surface area contributed by atoms with Crippen molar-refractivity contribution in [3.8, 4) is 5.75 Å². The van der Waals surface area contributed by atoms with Gasteiger partial charge < -0.3 is 9.72 Å². The molecule has 0 unspecified atom stereocenters. The van der Waals surface area contributed by atoms with Gasteiger partial charge >= 0.3 is 5.69 Å². The van der Waals surface area contributed by atoms with Crippen molar-refractivity contribution in [2.24, 2.45) is 0 Å². The third kappa shape index (κ3) is 3.22. The monoisotopic (exact) mass is 321 g/mol. The fourth-order valence-corrected chi connectivity index (χ4v) is 2.46. The van der Waals surface area contributed by atoms with Gasteiger partial charge in [0.25, 0.3) is 5.56 Å². The fourth-order valence-electron chi connectivity index (χ4n) is 2.24. The van der Waals surface area contributed by atoms with Crippen LogP contribution in [0.25, 0.3) is 0 Å². The number of nitro groups is 1. The highest BCUT2D eigenvalue weighted by Crippen LogP contribution is 2.28. The molecule has 0 saturated heterocycles. The Morgan fingerprint density at radius 2 is 2.09 bits per heavy atom. The summed E-state index contributed by atoms with van der Waals surface area (Å²) < 4.78 is 5.24. The number of aromatic amines is 2. The van der Waals surface area contributed by atoms with Gasteiger partial charge in [-0.25, -0.2) is 0 Å². The number of hydrogen-bond acceptors (Lipinski definition) is 5. The molecule has 7 nitrogen and oxygen atoms in total. The van der Waals surface area contributed by atoms with Gasteiger partial charge in [0.2, 0.25) is 0 Å². The number of nitro benzene ring substituents is 1. The van der Waals surface area contributed by atoms with Gasteiger partial charge in [0, 0.05) is 23.7 Å². The first kappa shape index (κ1) is 15.9.